The molecule has 0 aliphatic heterocycles. The topological polar surface area (TPSA) is 93.1 Å². The third-order valence-electron chi connectivity index (χ3n) is 4.24. The van der Waals surface area contributed by atoms with Crippen molar-refractivity contribution < 1.29 is 9.63 Å². The van der Waals surface area contributed by atoms with Crippen LogP contribution in [0.25, 0.3) is 22.8 Å². The molecule has 0 radical (unpaired) electrons. The van der Waals surface area contributed by atoms with Crippen LogP contribution in [0.1, 0.15) is 5.89 Å². The Morgan fingerprint density at radius 1 is 1.15 bits per heavy atom. The summed E-state index contributed by atoms with van der Waals surface area (Å²) in [5, 5.41) is 13.6. The molecule has 0 fully saturated rings. The molecule has 8 nitrogen and oxygen atoms in total. The third-order valence-corrected chi connectivity index (χ3v) is 4.24. The Bertz CT molecular complexity index is 1060. The van der Waals surface area contributed by atoms with Gasteiger partial charge in [0.25, 0.3) is 0 Å². The number of aromatic hydroxyl groups is 1. The third kappa shape index (κ3) is 3.37. The van der Waals surface area contributed by atoms with E-state index >= 15 is 0 Å². The Balaban J connectivity index is 1.53. The molecule has 27 heavy (non-hydrogen) atoms. The van der Waals surface area contributed by atoms with E-state index in [4.69, 9.17) is 4.52 Å². The van der Waals surface area contributed by atoms with E-state index in [-0.39, 0.29) is 5.75 Å². The van der Waals surface area contributed by atoms with Crippen LogP contribution in [-0.4, -0.2) is 36.8 Å². The highest BCUT2D eigenvalue weighted by Gasteiger charge is 2.16. The number of hydrogen-bond acceptors (Lipinski definition) is 7. The number of aromatic nitrogens is 5. The highest BCUT2D eigenvalue weighted by Crippen LogP contribution is 2.24. The summed E-state index contributed by atoms with van der Waals surface area (Å²) in [6.07, 6.45) is 5.30. The zero-order valence-corrected chi connectivity index (χ0v) is 14.9. The number of pyridine rings is 1. The second-order valence-electron chi connectivity index (χ2n) is 6.15. The Hall–Kier alpha value is -3.68. The first kappa shape index (κ1) is 16.8. The molecule has 0 aliphatic rings. The minimum Gasteiger partial charge on any atom is -0.508 e. The van der Waals surface area contributed by atoms with Crippen molar-refractivity contribution in [2.24, 2.45) is 7.05 Å². The fourth-order valence-corrected chi connectivity index (χ4v) is 2.89. The summed E-state index contributed by atoms with van der Waals surface area (Å²) >= 11 is 0. The molecule has 1 aromatic carbocycles. The molecule has 4 aromatic rings. The molecule has 0 bridgehead atoms. The van der Waals surface area contributed by atoms with Crippen LogP contribution in [0.5, 0.6) is 5.75 Å². The van der Waals surface area contributed by atoms with E-state index in [2.05, 4.69) is 20.1 Å². The molecule has 0 atom stereocenters. The van der Waals surface area contributed by atoms with Gasteiger partial charge in [0.05, 0.1) is 12.7 Å². The predicted octanol–water partition coefficient (Wildman–Crippen LogP) is 2.87. The van der Waals surface area contributed by atoms with Gasteiger partial charge in [-0.05, 0) is 24.3 Å². The van der Waals surface area contributed by atoms with Crippen molar-refractivity contribution in [1.82, 2.24) is 24.7 Å². The van der Waals surface area contributed by atoms with Crippen molar-refractivity contribution in [2.75, 3.05) is 11.9 Å². The van der Waals surface area contributed by atoms with Crippen LogP contribution in [0.4, 0.5) is 5.82 Å². The molecule has 0 spiro atoms. The number of phenolic OH excluding ortho intramolecular Hbond substituents is 1. The first-order valence-electron chi connectivity index (χ1n) is 8.37. The lowest BCUT2D eigenvalue weighted by atomic mass is 10.2. The summed E-state index contributed by atoms with van der Waals surface area (Å²) in [5.74, 6) is 2.85. The van der Waals surface area contributed by atoms with Gasteiger partial charge in [0.1, 0.15) is 17.4 Å². The highest BCUT2D eigenvalue weighted by molar-refractivity contribution is 5.59. The van der Waals surface area contributed by atoms with Crippen LogP contribution in [-0.2, 0) is 13.6 Å². The molecule has 3 heterocycles. The molecule has 0 aliphatic carbocycles. The van der Waals surface area contributed by atoms with E-state index in [1.165, 1.54) is 0 Å². The molecule has 8 heteroatoms. The quantitative estimate of drug-likeness (QED) is 0.583. The van der Waals surface area contributed by atoms with Gasteiger partial charge in [-0.25, -0.2) is 4.98 Å². The van der Waals surface area contributed by atoms with Gasteiger partial charge in [-0.1, -0.05) is 17.3 Å². The molecule has 136 valence electrons. The normalized spacial score (nSPS) is 10.9. The first-order chi connectivity index (χ1) is 13.1. The molecule has 0 saturated carbocycles. The van der Waals surface area contributed by atoms with Gasteiger partial charge in [-0.3, -0.25) is 4.98 Å². The van der Waals surface area contributed by atoms with Crippen LogP contribution in [0.2, 0.25) is 0 Å². The average Bonchev–Trinajstić information content (AvgIpc) is 3.29. The Labute approximate surface area is 155 Å². The van der Waals surface area contributed by atoms with Crippen LogP contribution < -0.4 is 4.90 Å². The average molecular weight is 362 g/mol. The van der Waals surface area contributed by atoms with Crippen molar-refractivity contribution >= 4 is 5.82 Å². The summed E-state index contributed by atoms with van der Waals surface area (Å²) in [6.45, 7) is 0.432. The van der Waals surface area contributed by atoms with E-state index < -0.39 is 0 Å². The van der Waals surface area contributed by atoms with Crippen LogP contribution in [0.3, 0.4) is 0 Å². The summed E-state index contributed by atoms with van der Waals surface area (Å²) < 4.78 is 7.36. The van der Waals surface area contributed by atoms with Crippen LogP contribution in [0.15, 0.2) is 59.5 Å². The standard InChI is InChI=1S/C19H18N6O2/c1-24(17-11-21-19(25(17)2)13-6-8-20-9-7-13)12-16-22-18(23-27-16)14-4-3-5-15(26)10-14/h3-11,26H,12H2,1-2H3. The lowest BCUT2D eigenvalue weighted by Crippen LogP contribution is -2.19. The zero-order valence-electron chi connectivity index (χ0n) is 14.9. The molecular formula is C19H18N6O2. The number of rotatable bonds is 5. The fourth-order valence-electron chi connectivity index (χ4n) is 2.89. The smallest absolute Gasteiger partial charge is 0.246 e. The second-order valence-corrected chi connectivity index (χ2v) is 6.15. The van der Waals surface area contributed by atoms with E-state index in [0.717, 1.165) is 17.2 Å². The van der Waals surface area contributed by atoms with Crippen molar-refractivity contribution in [3.05, 3.63) is 60.9 Å². The number of hydrogen-bond donors (Lipinski definition) is 1. The minimum atomic E-state index is 0.162. The summed E-state index contributed by atoms with van der Waals surface area (Å²) in [4.78, 5) is 14.9. The first-order valence-corrected chi connectivity index (χ1v) is 8.37. The van der Waals surface area contributed by atoms with E-state index in [9.17, 15) is 5.11 Å². The maximum atomic E-state index is 9.59. The van der Waals surface area contributed by atoms with Crippen molar-refractivity contribution in [2.45, 2.75) is 6.54 Å². The largest absolute Gasteiger partial charge is 0.508 e. The van der Waals surface area contributed by atoms with Crippen molar-refractivity contribution in [1.29, 1.82) is 0 Å². The monoisotopic (exact) mass is 362 g/mol. The van der Waals surface area contributed by atoms with Gasteiger partial charge < -0.3 is 19.1 Å². The van der Waals surface area contributed by atoms with E-state index in [1.807, 2.05) is 48.0 Å². The van der Waals surface area contributed by atoms with Gasteiger partial charge in [-0.15, -0.1) is 0 Å². The molecule has 3 aromatic heterocycles. The molecule has 0 amide bonds. The predicted molar refractivity (Wildman–Crippen MR) is 99.9 cm³/mol. The number of benzene rings is 1. The number of anilines is 1. The lowest BCUT2D eigenvalue weighted by molar-refractivity contribution is 0.378. The number of phenols is 1. The Morgan fingerprint density at radius 3 is 2.74 bits per heavy atom. The molecule has 0 saturated heterocycles. The van der Waals surface area contributed by atoms with Gasteiger partial charge in [0, 0.05) is 37.6 Å². The molecule has 4 rings (SSSR count). The zero-order chi connectivity index (χ0) is 18.8. The maximum absolute atomic E-state index is 9.59. The molecular weight excluding hydrogens is 344 g/mol. The molecule has 1 N–H and O–H groups in total. The number of imidazole rings is 1. The summed E-state index contributed by atoms with van der Waals surface area (Å²) in [5.41, 5.74) is 1.70. The van der Waals surface area contributed by atoms with Gasteiger partial charge in [0.2, 0.25) is 11.7 Å². The van der Waals surface area contributed by atoms with Gasteiger partial charge in [-0.2, -0.15) is 4.98 Å². The van der Waals surface area contributed by atoms with Crippen molar-refractivity contribution in [3.8, 4) is 28.5 Å². The molecule has 0 unspecified atom stereocenters. The van der Waals surface area contributed by atoms with Crippen LogP contribution in [0, 0.1) is 0 Å². The van der Waals surface area contributed by atoms with E-state index in [1.54, 1.807) is 30.6 Å². The second kappa shape index (κ2) is 6.91. The Kier molecular flexibility index (Phi) is 4.29. The minimum absolute atomic E-state index is 0.162. The summed E-state index contributed by atoms with van der Waals surface area (Å²) in [7, 11) is 3.89. The SMILES string of the molecule is CN(Cc1nc(-c2cccc(O)c2)no1)c1cnc(-c2ccncc2)n1C. The van der Waals surface area contributed by atoms with Crippen LogP contribution >= 0.6 is 0 Å². The van der Waals surface area contributed by atoms with Gasteiger partial charge >= 0.3 is 0 Å². The summed E-state index contributed by atoms with van der Waals surface area (Å²) in [6, 6.07) is 10.6. The Morgan fingerprint density at radius 2 is 1.96 bits per heavy atom. The number of nitrogens with zero attached hydrogens (tertiary/aromatic N) is 6. The van der Waals surface area contributed by atoms with E-state index in [0.29, 0.717) is 23.8 Å². The lowest BCUT2D eigenvalue weighted by Gasteiger charge is -2.17. The van der Waals surface area contributed by atoms with Gasteiger partial charge in [0.15, 0.2) is 0 Å². The highest BCUT2D eigenvalue weighted by atomic mass is 16.5. The fraction of sp³-hybridized carbons (Fsp3) is 0.158. The maximum Gasteiger partial charge on any atom is 0.246 e. The van der Waals surface area contributed by atoms with Crippen molar-refractivity contribution in [3.63, 3.8) is 0 Å².